The minimum absolute atomic E-state index is 0.650. The zero-order valence-corrected chi connectivity index (χ0v) is 115. The van der Waals surface area contributed by atoms with E-state index in [1.165, 1.54) is 30.4 Å². The summed E-state index contributed by atoms with van der Waals surface area (Å²) in [4.78, 5) is 0. The lowest BCUT2D eigenvalue weighted by molar-refractivity contribution is 0.107. The third kappa shape index (κ3) is 98.7. The van der Waals surface area contributed by atoms with Gasteiger partial charge in [-0.25, -0.2) is 0 Å². The first-order valence-electron chi connectivity index (χ1n) is 52.3. The van der Waals surface area contributed by atoms with E-state index < -0.39 is 147 Å². The summed E-state index contributed by atoms with van der Waals surface area (Å²) in [5.41, 5.74) is -6.11. The highest BCUT2D eigenvalue weighted by molar-refractivity contribution is 6.86. The maximum atomic E-state index is 11.0. The highest BCUT2D eigenvalue weighted by Gasteiger charge is 2.46. The van der Waals surface area contributed by atoms with Gasteiger partial charge in [0.2, 0.25) is 0 Å². The lowest BCUT2D eigenvalue weighted by atomic mass is 10.00. The van der Waals surface area contributed by atoms with Crippen molar-refractivity contribution in [1.29, 1.82) is 0 Å². The number of nitrogens with zero attached hydrogens (tertiary/aromatic N) is 18. The first kappa shape index (κ1) is 164. The van der Waals surface area contributed by atoms with Gasteiger partial charge < -0.3 is 119 Å². The van der Waals surface area contributed by atoms with Gasteiger partial charge in [0.15, 0.2) is 49.4 Å². The van der Waals surface area contributed by atoms with Crippen molar-refractivity contribution in [2.24, 2.45) is 58.6 Å². The average molecular weight is 2210 g/mol. The molecular formula is C103H242N18O12Si10. The molecule has 0 radical (unpaired) electrons. The minimum Gasteiger partial charge on any atom is -0.388 e. The molecule has 0 aromatic carbocycles. The van der Waals surface area contributed by atoms with E-state index in [9.17, 15) is 56.2 Å². The minimum atomic E-state index is -1.65. The fourth-order valence-corrected chi connectivity index (χ4v) is 24.8. The molecule has 0 rings (SSSR count). The van der Waals surface area contributed by atoms with Gasteiger partial charge in [-0.1, -0.05) is 199 Å². The molecule has 0 aromatic heterocycles. The molecule has 143 heavy (non-hydrogen) atoms. The van der Waals surface area contributed by atoms with Crippen molar-refractivity contribution in [1.82, 2.24) is 30.1 Å². The summed E-state index contributed by atoms with van der Waals surface area (Å²) in [6.07, 6.45) is 26.5. The van der Waals surface area contributed by atoms with Gasteiger partial charge in [-0.15, -0.1) is 0 Å². The van der Waals surface area contributed by atoms with Gasteiger partial charge in [-0.3, -0.25) is 0 Å². The number of hydrazone groups is 6. The SMILES string of the molecule is C=CC(C)(O)C=N[Si](C)(C)C.CC(C)(O)C=N[Si](C)(C)C.CC(O)(C=N[Si](C)(C)C)[Si](C)(C)C.CCC(C)(O)C=NN(C)C.CCC(C)(O)C=NN(C)C.CCC(C)(O)C=N[Si](C)(C)C.CCC(O)(C=NN(C)C)CC.CCC(O)(C=N[Si](C)(C)C)CC.CC[Si](CC)(CC)C(C)(O)C=NN(C)C.CC[Si](CC)(CC)N=CC(C)(O)[Si](CC)(CC)CC.CN(C)N=CC(C)(C)O.CN(C)N=CC(C)(O)[Si](C)(C)C. The van der Waals surface area contributed by atoms with E-state index in [0.29, 0.717) is 25.7 Å². The van der Waals surface area contributed by atoms with E-state index in [0.717, 1.165) is 55.5 Å². The normalized spacial score (nSPS) is 16.5. The van der Waals surface area contributed by atoms with Crippen LogP contribution in [0.15, 0.2) is 71.2 Å². The summed E-state index contributed by atoms with van der Waals surface area (Å²) in [6.45, 7) is 104. The third-order valence-corrected chi connectivity index (χ3v) is 51.9. The fourth-order valence-electron chi connectivity index (χ4n) is 9.84. The van der Waals surface area contributed by atoms with E-state index in [4.69, 9.17) is 9.76 Å². The predicted molar refractivity (Wildman–Crippen MR) is 669 cm³/mol. The molecule has 8 unspecified atom stereocenters. The number of hydrogen-bond acceptors (Lipinski definition) is 30. The molecule has 0 aliphatic rings. The van der Waals surface area contributed by atoms with Crippen LogP contribution in [0, 0.1) is 0 Å². The summed E-state index contributed by atoms with van der Waals surface area (Å²) < 4.78 is 26.9. The average Bonchev–Trinajstić information content (AvgIpc) is 0.792. The molecule has 0 amide bonds. The molecule has 12 N–H and O–H groups in total. The third-order valence-electron chi connectivity index (χ3n) is 23.8. The summed E-state index contributed by atoms with van der Waals surface area (Å²) in [5, 5.41) is 149. The van der Waals surface area contributed by atoms with E-state index >= 15 is 0 Å². The van der Waals surface area contributed by atoms with Crippen LogP contribution >= 0.6 is 0 Å². The van der Waals surface area contributed by atoms with Crippen molar-refractivity contribution >= 4 is 156 Å². The fraction of sp³-hybridized carbons (Fsp3) is 0.864. The Kier molecular flexibility index (Phi) is 85.4. The van der Waals surface area contributed by atoms with Gasteiger partial charge in [-0.05, 0) is 244 Å². The Labute approximate surface area is 893 Å². The second-order valence-corrected chi connectivity index (χ2v) is 98.7. The predicted octanol–water partition coefficient (Wildman–Crippen LogP) is 21.6. The van der Waals surface area contributed by atoms with Crippen LogP contribution in [0.3, 0.4) is 0 Å². The van der Waals surface area contributed by atoms with Gasteiger partial charge in [0, 0.05) is 122 Å². The van der Waals surface area contributed by atoms with Crippen molar-refractivity contribution in [2.75, 3.05) is 84.6 Å². The Hall–Kier alpha value is -3.73. The lowest BCUT2D eigenvalue weighted by Crippen LogP contribution is -2.57. The van der Waals surface area contributed by atoms with Crippen molar-refractivity contribution in [3.63, 3.8) is 0 Å². The van der Waals surface area contributed by atoms with Crippen molar-refractivity contribution < 1.29 is 61.3 Å². The van der Waals surface area contributed by atoms with Gasteiger partial charge in [-0.2, -0.15) is 30.6 Å². The quantitative estimate of drug-likeness (QED) is 0.0117. The number of aliphatic hydroxyl groups is 12. The van der Waals surface area contributed by atoms with Gasteiger partial charge in [0.25, 0.3) is 0 Å². The standard InChI is InChI=1S/C15H35NOSi2.C11H26N2OSi.C9H23NOSi2.C9H21NOSi.C8H20N2OSi.C8H18N2O.C8H19NOSi.C8H17NOSi.2C7H16N2O.C7H17NOSi.C6H14N2O/c1-8-18(9-2,10-3)15(7,17)14-16-19(11-4,12-5)13-6;1-7-15(8-2,9-3)11(4,14)10-12-13(5)6;1-9(11,12(2,3)4)8-10-13(5,6)7;1-6-9(11,7-2)8-10-12(3,4)5;1-8(11,12(4,5)6)7-9-10(2)3;1-5-8(11,6-2)7-9-10(3)4;2*1-6-8(2,10)7-9-11(3,4)5;2*1-5-7(2,10)6-8-9(3)4;1-7(2,9)6-8-10(3,4)5;1-6(2,9)5-7-8(3)4/h14,17H,8-13H2,1-7H3;10,14H,7-9H2,1-6H3;8,11H,1-7H3;8,11H,6-7H2,1-5H3;7,11H,1-6H3;7,11H,5-6H2,1-4H3;7,10H,6H2,1-5H3;6-7,10H,1H2,2-5H3;2*6,10H,5H2,1-4H3;6,9H,1-5H3;5,9H,1-4H3. The van der Waals surface area contributed by atoms with E-state index in [-0.39, 0.29) is 0 Å². The maximum absolute atomic E-state index is 11.0. The molecule has 0 saturated carbocycles. The van der Waals surface area contributed by atoms with Crippen LogP contribution in [0.4, 0.5) is 0 Å². The van der Waals surface area contributed by atoms with Crippen LogP contribution in [-0.4, -0.2) is 398 Å². The second-order valence-electron chi connectivity index (χ2n) is 48.5. The molecular weight excluding hydrogens is 1960 g/mol. The molecule has 0 aromatic rings. The first-order chi connectivity index (χ1) is 63.3. The molecule has 0 fully saturated rings. The summed E-state index contributed by atoms with van der Waals surface area (Å²) >= 11 is 0. The zero-order valence-electron chi connectivity index (χ0n) is 105. The molecule has 0 bridgehead atoms. The van der Waals surface area contributed by atoms with E-state index in [2.05, 4.69) is 260 Å². The zero-order chi connectivity index (χ0) is 117. The smallest absolute Gasteiger partial charge is 0.180 e. The molecule has 30 nitrogen and oxygen atoms in total. The summed E-state index contributed by atoms with van der Waals surface area (Å²) in [5.74, 6) is 0. The summed E-state index contributed by atoms with van der Waals surface area (Å²) in [6, 6.07) is 10.3. The van der Waals surface area contributed by atoms with Crippen LogP contribution in [0.1, 0.15) is 239 Å². The molecule has 0 spiro atoms. The second kappa shape index (κ2) is 74.3. The van der Waals surface area contributed by atoms with Crippen LogP contribution in [0.25, 0.3) is 0 Å². The van der Waals surface area contributed by atoms with Crippen LogP contribution in [0.5, 0.6) is 0 Å². The molecule has 0 saturated heterocycles. The Bertz CT molecular complexity index is 3490. The molecule has 0 aliphatic carbocycles. The Morgan fingerprint density at radius 1 is 0.217 bits per heavy atom. The molecule has 0 aliphatic heterocycles. The van der Waals surface area contributed by atoms with Crippen molar-refractivity contribution in [3.8, 4) is 0 Å². The highest BCUT2D eigenvalue weighted by atomic mass is 28.4. The highest BCUT2D eigenvalue weighted by Crippen LogP contribution is 2.34. The maximum Gasteiger partial charge on any atom is 0.180 e. The van der Waals surface area contributed by atoms with Crippen molar-refractivity contribution in [2.45, 2.75) is 496 Å². The molecule has 40 heteroatoms. The topological polar surface area (TPSA) is 411 Å². The van der Waals surface area contributed by atoms with Gasteiger partial charge in [0.05, 0.1) is 124 Å². The van der Waals surface area contributed by atoms with Crippen LogP contribution in [0.2, 0.25) is 192 Å². The van der Waals surface area contributed by atoms with E-state index in [1.54, 1.807) is 148 Å². The molecule has 0 heterocycles. The van der Waals surface area contributed by atoms with Crippen LogP contribution in [-0.2, 0) is 0 Å². The van der Waals surface area contributed by atoms with Crippen molar-refractivity contribution in [3.05, 3.63) is 12.7 Å². The monoisotopic (exact) mass is 2200 g/mol. The van der Waals surface area contributed by atoms with Gasteiger partial charge in [0.1, 0.15) is 11.2 Å². The largest absolute Gasteiger partial charge is 0.388 e. The summed E-state index contributed by atoms with van der Waals surface area (Å²) in [7, 11) is 7.13. The number of hydrogen-bond donors (Lipinski definition) is 12. The van der Waals surface area contributed by atoms with Crippen LogP contribution < -0.4 is 0 Å². The number of rotatable bonds is 45. The molecule has 8 atom stereocenters. The van der Waals surface area contributed by atoms with E-state index in [1.807, 2.05) is 167 Å². The Morgan fingerprint density at radius 2 is 0.413 bits per heavy atom. The molecule has 856 valence electrons. The first-order valence-corrected chi connectivity index (χ1v) is 84.4. The lowest BCUT2D eigenvalue weighted by Gasteiger charge is -2.40. The Morgan fingerprint density at radius 3 is 0.622 bits per heavy atom. The Balaban J connectivity index is -0.000000132. The van der Waals surface area contributed by atoms with Gasteiger partial charge >= 0.3 is 0 Å².